The summed E-state index contributed by atoms with van der Waals surface area (Å²) in [6.45, 7) is 1.33. The molecule has 2 heterocycles. The van der Waals surface area contributed by atoms with Gasteiger partial charge in [0.15, 0.2) is 0 Å². The molecule has 0 spiro atoms. The highest BCUT2D eigenvalue weighted by Gasteiger charge is 2.18. The molecule has 25 heavy (non-hydrogen) atoms. The minimum atomic E-state index is 0.154. The van der Waals surface area contributed by atoms with E-state index in [-0.39, 0.29) is 6.10 Å². The van der Waals surface area contributed by atoms with E-state index >= 15 is 0 Å². The van der Waals surface area contributed by atoms with E-state index in [9.17, 15) is 0 Å². The van der Waals surface area contributed by atoms with Crippen LogP contribution in [-0.4, -0.2) is 36.6 Å². The predicted molar refractivity (Wildman–Crippen MR) is 96.0 cm³/mol. The molecule has 3 aromatic rings. The summed E-state index contributed by atoms with van der Waals surface area (Å²) in [7, 11) is 1.66. The van der Waals surface area contributed by atoms with E-state index in [1.165, 1.54) is 0 Å². The second-order valence-corrected chi connectivity index (χ2v) is 6.07. The van der Waals surface area contributed by atoms with Gasteiger partial charge in [-0.3, -0.25) is 0 Å². The molecule has 1 aliphatic rings. The zero-order valence-corrected chi connectivity index (χ0v) is 14.1. The van der Waals surface area contributed by atoms with Crippen molar-refractivity contribution in [2.75, 3.05) is 20.3 Å². The predicted octanol–water partition coefficient (Wildman–Crippen LogP) is 3.86. The first-order chi connectivity index (χ1) is 12.3. The van der Waals surface area contributed by atoms with Gasteiger partial charge in [0.05, 0.1) is 13.2 Å². The minimum absolute atomic E-state index is 0.154. The summed E-state index contributed by atoms with van der Waals surface area (Å²) in [5.41, 5.74) is 1.83. The number of hydrogen-bond donors (Lipinski definition) is 0. The summed E-state index contributed by atoms with van der Waals surface area (Å²) in [6, 6.07) is 15.9. The summed E-state index contributed by atoms with van der Waals surface area (Å²) < 4.78 is 16.8. The first-order valence-electron chi connectivity index (χ1n) is 8.49. The van der Waals surface area contributed by atoms with Gasteiger partial charge in [-0.25, -0.2) is 0 Å². The molecule has 1 saturated heterocycles. The van der Waals surface area contributed by atoms with Gasteiger partial charge in [-0.2, -0.15) is 0 Å². The maximum atomic E-state index is 5.91. The van der Waals surface area contributed by atoms with Crippen molar-refractivity contribution in [1.29, 1.82) is 0 Å². The molecule has 5 heteroatoms. The van der Waals surface area contributed by atoms with Crippen molar-refractivity contribution in [2.45, 2.75) is 18.9 Å². The lowest BCUT2D eigenvalue weighted by Gasteiger charge is -2.13. The van der Waals surface area contributed by atoms with Crippen LogP contribution in [0.15, 0.2) is 48.5 Å². The Morgan fingerprint density at radius 3 is 2.56 bits per heavy atom. The number of aromatic nitrogens is 2. The number of nitrogens with zero attached hydrogens (tertiary/aromatic N) is 2. The van der Waals surface area contributed by atoms with Crippen LogP contribution < -0.4 is 9.47 Å². The van der Waals surface area contributed by atoms with Crippen molar-refractivity contribution in [3.63, 3.8) is 0 Å². The Morgan fingerprint density at radius 2 is 1.84 bits per heavy atom. The molecule has 128 valence electrons. The van der Waals surface area contributed by atoms with Gasteiger partial charge in [0.2, 0.25) is 5.88 Å². The second kappa shape index (κ2) is 7.07. The third-order valence-corrected chi connectivity index (χ3v) is 4.45. The lowest BCUT2D eigenvalue weighted by molar-refractivity contribution is 0.0666. The molecular formula is C20H20N2O3. The molecule has 2 aromatic carbocycles. The number of methoxy groups -OCH3 is 1. The standard InChI is InChI=1S/C20H20N2O3/c1-23-15-10-8-14(9-11-15)19-17-6-2-3-7-18(17)20(22-21-19)25-13-16-5-4-12-24-16/h2-3,6-11,16H,4-5,12-13H2,1H3/t16-/m0/s1. The van der Waals surface area contributed by atoms with Crippen molar-refractivity contribution in [3.05, 3.63) is 48.5 Å². The number of fused-ring (bicyclic) bond motifs is 1. The fraction of sp³-hybridized carbons (Fsp3) is 0.300. The van der Waals surface area contributed by atoms with Crippen LogP contribution in [-0.2, 0) is 4.74 Å². The van der Waals surface area contributed by atoms with Crippen molar-refractivity contribution in [2.24, 2.45) is 0 Å². The number of benzene rings is 2. The third-order valence-electron chi connectivity index (χ3n) is 4.45. The van der Waals surface area contributed by atoms with Crippen molar-refractivity contribution < 1.29 is 14.2 Å². The SMILES string of the molecule is COc1ccc(-c2nnc(OC[C@@H]3CCCO3)c3ccccc23)cc1. The van der Waals surface area contributed by atoms with Crippen LogP contribution in [0.2, 0.25) is 0 Å². The Labute approximate surface area is 146 Å². The van der Waals surface area contributed by atoms with Gasteiger partial charge < -0.3 is 14.2 Å². The molecule has 5 nitrogen and oxygen atoms in total. The molecular weight excluding hydrogens is 316 g/mol. The van der Waals surface area contributed by atoms with E-state index < -0.39 is 0 Å². The molecule has 0 aliphatic carbocycles. The summed E-state index contributed by atoms with van der Waals surface area (Å²) in [5.74, 6) is 1.38. The van der Waals surface area contributed by atoms with Crippen LogP contribution in [0.1, 0.15) is 12.8 Å². The van der Waals surface area contributed by atoms with Gasteiger partial charge in [0.25, 0.3) is 0 Å². The maximum absolute atomic E-state index is 5.91. The summed E-state index contributed by atoms with van der Waals surface area (Å²) in [6.07, 6.45) is 2.29. The molecule has 0 unspecified atom stereocenters. The largest absolute Gasteiger partial charge is 0.497 e. The Morgan fingerprint density at radius 1 is 1.04 bits per heavy atom. The number of hydrogen-bond acceptors (Lipinski definition) is 5. The highest BCUT2D eigenvalue weighted by atomic mass is 16.5. The number of rotatable bonds is 5. The monoisotopic (exact) mass is 336 g/mol. The maximum Gasteiger partial charge on any atom is 0.241 e. The minimum Gasteiger partial charge on any atom is -0.497 e. The smallest absolute Gasteiger partial charge is 0.241 e. The average molecular weight is 336 g/mol. The fourth-order valence-corrected chi connectivity index (χ4v) is 3.10. The van der Waals surface area contributed by atoms with Crippen LogP contribution in [0.25, 0.3) is 22.0 Å². The lowest BCUT2D eigenvalue weighted by atomic mass is 10.0. The quantitative estimate of drug-likeness (QED) is 0.708. The van der Waals surface area contributed by atoms with Crippen LogP contribution in [0.3, 0.4) is 0 Å². The van der Waals surface area contributed by atoms with Crippen LogP contribution in [0.4, 0.5) is 0 Å². The molecule has 0 N–H and O–H groups in total. The Hall–Kier alpha value is -2.66. The van der Waals surface area contributed by atoms with Crippen LogP contribution >= 0.6 is 0 Å². The van der Waals surface area contributed by atoms with Gasteiger partial charge in [-0.15, -0.1) is 10.2 Å². The second-order valence-electron chi connectivity index (χ2n) is 6.07. The lowest BCUT2D eigenvalue weighted by Crippen LogP contribution is -2.17. The topological polar surface area (TPSA) is 53.5 Å². The Bertz CT molecular complexity index is 858. The van der Waals surface area contributed by atoms with E-state index in [4.69, 9.17) is 14.2 Å². The molecule has 0 saturated carbocycles. The average Bonchev–Trinajstić information content (AvgIpc) is 3.20. The van der Waals surface area contributed by atoms with Gasteiger partial charge in [0, 0.05) is 22.9 Å². The van der Waals surface area contributed by atoms with Crippen LogP contribution in [0.5, 0.6) is 11.6 Å². The van der Waals surface area contributed by atoms with E-state index in [2.05, 4.69) is 10.2 Å². The third kappa shape index (κ3) is 3.28. The first kappa shape index (κ1) is 15.8. The molecule has 0 bridgehead atoms. The molecule has 0 radical (unpaired) electrons. The van der Waals surface area contributed by atoms with E-state index in [0.29, 0.717) is 12.5 Å². The summed E-state index contributed by atoms with van der Waals surface area (Å²) in [4.78, 5) is 0. The fourth-order valence-electron chi connectivity index (χ4n) is 3.10. The molecule has 1 aromatic heterocycles. The molecule has 0 amide bonds. The molecule has 4 rings (SSSR count). The summed E-state index contributed by atoms with van der Waals surface area (Å²) in [5, 5.41) is 10.7. The van der Waals surface area contributed by atoms with Gasteiger partial charge in [-0.05, 0) is 43.2 Å². The normalized spacial score (nSPS) is 16.9. The molecule has 1 fully saturated rings. The van der Waals surface area contributed by atoms with E-state index in [1.54, 1.807) is 7.11 Å². The number of ether oxygens (including phenoxy) is 3. The van der Waals surface area contributed by atoms with Crippen LogP contribution in [0, 0.1) is 0 Å². The first-order valence-corrected chi connectivity index (χ1v) is 8.49. The Kier molecular flexibility index (Phi) is 4.48. The van der Waals surface area contributed by atoms with Crippen molar-refractivity contribution in [1.82, 2.24) is 10.2 Å². The molecule has 1 aliphatic heterocycles. The van der Waals surface area contributed by atoms with Gasteiger partial charge >= 0.3 is 0 Å². The highest BCUT2D eigenvalue weighted by Crippen LogP contribution is 2.31. The van der Waals surface area contributed by atoms with E-state index in [1.807, 2.05) is 48.5 Å². The van der Waals surface area contributed by atoms with Crippen molar-refractivity contribution in [3.8, 4) is 22.9 Å². The van der Waals surface area contributed by atoms with E-state index in [0.717, 1.165) is 47.2 Å². The van der Waals surface area contributed by atoms with Crippen molar-refractivity contribution >= 4 is 10.8 Å². The van der Waals surface area contributed by atoms with Gasteiger partial charge in [-0.1, -0.05) is 18.2 Å². The van der Waals surface area contributed by atoms with Gasteiger partial charge in [0.1, 0.15) is 18.1 Å². The zero-order chi connectivity index (χ0) is 17.1. The highest BCUT2D eigenvalue weighted by molar-refractivity contribution is 5.96. The zero-order valence-electron chi connectivity index (χ0n) is 14.1. The summed E-state index contributed by atoms with van der Waals surface area (Å²) >= 11 is 0. The Balaban J connectivity index is 1.68. The molecule has 1 atom stereocenters.